The standard InChI is InChI=1S/C11H17NO2/c1-5-11(3,4)12-10(13)9-8(2)6-7-14-9/h1,8-9H,6-7H2,2-4H3,(H,12,13). The SMILES string of the molecule is C#CC(C)(C)NC(=O)C1OCCC1C. The molecule has 0 radical (unpaired) electrons. The van der Waals surface area contributed by atoms with Crippen LogP contribution in [0.4, 0.5) is 0 Å². The van der Waals surface area contributed by atoms with Crippen LogP contribution in [0.25, 0.3) is 0 Å². The molecule has 0 aromatic rings. The number of hydrogen-bond donors (Lipinski definition) is 1. The summed E-state index contributed by atoms with van der Waals surface area (Å²) in [6.45, 7) is 6.27. The van der Waals surface area contributed by atoms with Crippen LogP contribution < -0.4 is 5.32 Å². The minimum absolute atomic E-state index is 0.0991. The van der Waals surface area contributed by atoms with Gasteiger partial charge in [0.1, 0.15) is 6.10 Å². The van der Waals surface area contributed by atoms with Crippen LogP contribution >= 0.6 is 0 Å². The van der Waals surface area contributed by atoms with Crippen LogP contribution in [-0.4, -0.2) is 24.2 Å². The summed E-state index contributed by atoms with van der Waals surface area (Å²) in [6.07, 6.45) is 5.89. The maximum Gasteiger partial charge on any atom is 0.250 e. The van der Waals surface area contributed by atoms with Crippen molar-refractivity contribution in [3.05, 3.63) is 0 Å². The van der Waals surface area contributed by atoms with Crippen LogP contribution in [0.5, 0.6) is 0 Å². The molecule has 1 heterocycles. The normalized spacial score (nSPS) is 27.0. The highest BCUT2D eigenvalue weighted by molar-refractivity contribution is 5.82. The van der Waals surface area contributed by atoms with E-state index in [9.17, 15) is 4.79 Å². The molecule has 1 aliphatic rings. The minimum Gasteiger partial charge on any atom is -0.368 e. The summed E-state index contributed by atoms with van der Waals surface area (Å²) in [6, 6.07) is 0. The monoisotopic (exact) mass is 195 g/mol. The first kappa shape index (κ1) is 11.1. The minimum atomic E-state index is -0.594. The molecule has 1 rings (SSSR count). The molecule has 1 saturated heterocycles. The van der Waals surface area contributed by atoms with E-state index in [-0.39, 0.29) is 17.9 Å². The molecular formula is C11H17NO2. The molecule has 1 N–H and O–H groups in total. The number of terminal acetylenes is 1. The lowest BCUT2D eigenvalue weighted by molar-refractivity contribution is -0.132. The molecule has 3 heteroatoms. The van der Waals surface area contributed by atoms with E-state index in [1.165, 1.54) is 0 Å². The first-order valence-corrected chi connectivity index (χ1v) is 4.87. The number of rotatable bonds is 2. The van der Waals surface area contributed by atoms with E-state index in [0.717, 1.165) is 6.42 Å². The average molecular weight is 195 g/mol. The second-order valence-electron chi connectivity index (χ2n) is 4.32. The maximum absolute atomic E-state index is 11.7. The van der Waals surface area contributed by atoms with Gasteiger partial charge in [-0.1, -0.05) is 12.8 Å². The lowest BCUT2D eigenvalue weighted by Crippen LogP contribution is -2.48. The smallest absolute Gasteiger partial charge is 0.250 e. The molecule has 2 unspecified atom stereocenters. The number of ether oxygens (including phenoxy) is 1. The number of hydrogen-bond acceptors (Lipinski definition) is 2. The molecule has 3 nitrogen and oxygen atoms in total. The summed E-state index contributed by atoms with van der Waals surface area (Å²) in [5.41, 5.74) is -0.594. The van der Waals surface area contributed by atoms with Crippen molar-refractivity contribution in [1.82, 2.24) is 5.32 Å². The fourth-order valence-corrected chi connectivity index (χ4v) is 1.45. The second-order valence-corrected chi connectivity index (χ2v) is 4.32. The molecule has 0 aromatic heterocycles. The number of carbonyl (C=O) groups is 1. The fraction of sp³-hybridized carbons (Fsp3) is 0.727. The molecule has 1 aliphatic heterocycles. The predicted octanol–water partition coefficient (Wildman–Crippen LogP) is 0.939. The Bertz CT molecular complexity index is 265. The van der Waals surface area contributed by atoms with Gasteiger partial charge in [-0.25, -0.2) is 0 Å². The Morgan fingerprint density at radius 2 is 2.29 bits per heavy atom. The Hall–Kier alpha value is -1.01. The van der Waals surface area contributed by atoms with E-state index < -0.39 is 5.54 Å². The van der Waals surface area contributed by atoms with Crippen molar-refractivity contribution in [1.29, 1.82) is 0 Å². The van der Waals surface area contributed by atoms with E-state index in [4.69, 9.17) is 11.2 Å². The van der Waals surface area contributed by atoms with Crippen molar-refractivity contribution in [3.8, 4) is 12.3 Å². The highest BCUT2D eigenvalue weighted by Gasteiger charge is 2.33. The molecule has 1 amide bonds. The molecule has 2 atom stereocenters. The molecule has 0 aromatic carbocycles. The summed E-state index contributed by atoms with van der Waals surface area (Å²) < 4.78 is 5.34. The average Bonchev–Trinajstić information content (AvgIpc) is 2.51. The highest BCUT2D eigenvalue weighted by atomic mass is 16.5. The van der Waals surface area contributed by atoms with Gasteiger partial charge in [0, 0.05) is 6.61 Å². The van der Waals surface area contributed by atoms with E-state index in [0.29, 0.717) is 6.61 Å². The van der Waals surface area contributed by atoms with E-state index in [2.05, 4.69) is 11.2 Å². The summed E-state index contributed by atoms with van der Waals surface area (Å²) in [5.74, 6) is 2.70. The molecule has 0 saturated carbocycles. The van der Waals surface area contributed by atoms with E-state index in [1.807, 2.05) is 6.92 Å². The Labute approximate surface area is 85.2 Å². The first-order chi connectivity index (χ1) is 6.46. The van der Waals surface area contributed by atoms with Crippen LogP contribution in [0, 0.1) is 18.3 Å². The molecular weight excluding hydrogens is 178 g/mol. The van der Waals surface area contributed by atoms with Gasteiger partial charge < -0.3 is 10.1 Å². The van der Waals surface area contributed by atoms with Gasteiger partial charge in [-0.15, -0.1) is 6.42 Å². The van der Waals surface area contributed by atoms with Crippen LogP contribution in [0.2, 0.25) is 0 Å². The van der Waals surface area contributed by atoms with Gasteiger partial charge in [-0.05, 0) is 26.2 Å². The lowest BCUT2D eigenvalue weighted by Gasteiger charge is -2.23. The van der Waals surface area contributed by atoms with Gasteiger partial charge in [0.05, 0.1) is 5.54 Å². The number of nitrogens with one attached hydrogen (secondary N) is 1. The van der Waals surface area contributed by atoms with Crippen LogP contribution in [0.15, 0.2) is 0 Å². The Morgan fingerprint density at radius 3 is 2.71 bits per heavy atom. The number of carbonyl (C=O) groups excluding carboxylic acids is 1. The van der Waals surface area contributed by atoms with Crippen molar-refractivity contribution < 1.29 is 9.53 Å². The molecule has 0 aliphatic carbocycles. The van der Waals surface area contributed by atoms with Crippen LogP contribution in [0.3, 0.4) is 0 Å². The zero-order valence-corrected chi connectivity index (χ0v) is 8.96. The molecule has 78 valence electrons. The van der Waals surface area contributed by atoms with Gasteiger partial charge in [0.2, 0.25) is 0 Å². The third-order valence-corrected chi connectivity index (χ3v) is 2.44. The Kier molecular flexibility index (Phi) is 3.17. The van der Waals surface area contributed by atoms with Crippen LogP contribution in [-0.2, 0) is 9.53 Å². The predicted molar refractivity (Wildman–Crippen MR) is 54.6 cm³/mol. The Balaban J connectivity index is 2.55. The fourth-order valence-electron chi connectivity index (χ4n) is 1.45. The van der Waals surface area contributed by atoms with E-state index >= 15 is 0 Å². The van der Waals surface area contributed by atoms with Crippen molar-refractivity contribution >= 4 is 5.91 Å². The topological polar surface area (TPSA) is 38.3 Å². The third-order valence-electron chi connectivity index (χ3n) is 2.44. The Morgan fingerprint density at radius 1 is 1.64 bits per heavy atom. The number of amides is 1. The van der Waals surface area contributed by atoms with Gasteiger partial charge >= 0.3 is 0 Å². The summed E-state index contributed by atoms with van der Waals surface area (Å²) in [4.78, 5) is 11.7. The van der Waals surface area contributed by atoms with Gasteiger partial charge in [0.15, 0.2) is 0 Å². The van der Waals surface area contributed by atoms with Crippen LogP contribution in [0.1, 0.15) is 27.2 Å². The van der Waals surface area contributed by atoms with Crippen molar-refractivity contribution in [2.24, 2.45) is 5.92 Å². The summed E-state index contributed by atoms with van der Waals surface area (Å²) in [7, 11) is 0. The summed E-state index contributed by atoms with van der Waals surface area (Å²) in [5, 5.41) is 2.78. The van der Waals surface area contributed by atoms with Gasteiger partial charge in [-0.2, -0.15) is 0 Å². The lowest BCUT2D eigenvalue weighted by atomic mass is 10.0. The molecule has 14 heavy (non-hydrogen) atoms. The molecule has 0 bridgehead atoms. The molecule has 1 fully saturated rings. The quantitative estimate of drug-likeness (QED) is 0.666. The molecule has 0 spiro atoms. The van der Waals surface area contributed by atoms with E-state index in [1.54, 1.807) is 13.8 Å². The maximum atomic E-state index is 11.7. The highest BCUT2D eigenvalue weighted by Crippen LogP contribution is 2.20. The zero-order valence-electron chi connectivity index (χ0n) is 8.96. The summed E-state index contributed by atoms with van der Waals surface area (Å²) >= 11 is 0. The van der Waals surface area contributed by atoms with Gasteiger partial charge in [-0.3, -0.25) is 4.79 Å². The van der Waals surface area contributed by atoms with Crippen molar-refractivity contribution in [2.75, 3.05) is 6.61 Å². The third kappa shape index (κ3) is 2.49. The first-order valence-electron chi connectivity index (χ1n) is 4.87. The van der Waals surface area contributed by atoms with Crippen molar-refractivity contribution in [3.63, 3.8) is 0 Å². The van der Waals surface area contributed by atoms with Gasteiger partial charge in [0.25, 0.3) is 5.91 Å². The largest absolute Gasteiger partial charge is 0.368 e. The second kappa shape index (κ2) is 4.02. The zero-order chi connectivity index (χ0) is 10.8. The van der Waals surface area contributed by atoms with Crippen molar-refractivity contribution in [2.45, 2.75) is 38.8 Å².